The molecule has 3 N–H and O–H groups in total. The molecule has 0 unspecified atom stereocenters. The molecular weight excluding hydrogens is 324 g/mol. The fourth-order valence-corrected chi connectivity index (χ4v) is 3.16. The molecule has 0 atom stereocenters. The molecule has 7 nitrogen and oxygen atoms in total. The van der Waals surface area contributed by atoms with Gasteiger partial charge in [-0.05, 0) is 36.6 Å². The molecule has 1 aliphatic heterocycles. The zero-order chi connectivity index (χ0) is 17.9. The van der Waals surface area contributed by atoms with Crippen molar-refractivity contribution in [1.82, 2.24) is 10.3 Å². The lowest BCUT2D eigenvalue weighted by Crippen LogP contribution is -2.46. The fraction of sp³-hybridized carbons (Fsp3) is 0.444. The van der Waals surface area contributed by atoms with E-state index in [0.717, 1.165) is 22.2 Å². The Labute approximate surface area is 145 Å². The molecule has 0 aliphatic carbocycles. The van der Waals surface area contributed by atoms with Gasteiger partial charge < -0.3 is 24.9 Å². The maximum absolute atomic E-state index is 12.3. The highest BCUT2D eigenvalue weighted by Gasteiger charge is 2.40. The number of carboxylic acid groups (broad SMARTS) is 1. The number of amides is 1. The van der Waals surface area contributed by atoms with E-state index in [1.54, 1.807) is 13.3 Å². The Kier molecular flexibility index (Phi) is 4.94. The van der Waals surface area contributed by atoms with Gasteiger partial charge in [-0.25, -0.2) is 0 Å². The Morgan fingerprint density at radius 2 is 2.12 bits per heavy atom. The van der Waals surface area contributed by atoms with Crippen LogP contribution in [0.4, 0.5) is 0 Å². The van der Waals surface area contributed by atoms with Crippen molar-refractivity contribution in [2.45, 2.75) is 19.3 Å². The van der Waals surface area contributed by atoms with Crippen LogP contribution in [0.2, 0.25) is 0 Å². The quantitative estimate of drug-likeness (QED) is 0.739. The summed E-state index contributed by atoms with van der Waals surface area (Å²) in [5.41, 5.74) is 0.843. The number of hydrogen-bond donors (Lipinski definition) is 3. The number of rotatable bonds is 6. The summed E-state index contributed by atoms with van der Waals surface area (Å²) in [6.45, 7) is 0.936. The summed E-state index contributed by atoms with van der Waals surface area (Å²) >= 11 is 0. The molecule has 2 aromatic rings. The third-order valence-corrected chi connectivity index (χ3v) is 4.85. The van der Waals surface area contributed by atoms with Crippen molar-refractivity contribution in [2.75, 3.05) is 26.9 Å². The first-order valence-corrected chi connectivity index (χ1v) is 8.26. The second-order valence-corrected chi connectivity index (χ2v) is 6.38. The summed E-state index contributed by atoms with van der Waals surface area (Å²) in [5, 5.41) is 13.2. The molecule has 134 valence electrons. The number of carbonyl (C=O) groups is 2. The van der Waals surface area contributed by atoms with Crippen molar-refractivity contribution in [2.24, 2.45) is 5.41 Å². The van der Waals surface area contributed by atoms with Gasteiger partial charge in [-0.15, -0.1) is 0 Å². The highest BCUT2D eigenvalue weighted by molar-refractivity contribution is 5.90. The first-order valence-electron chi connectivity index (χ1n) is 8.26. The average molecular weight is 346 g/mol. The monoisotopic (exact) mass is 346 g/mol. The summed E-state index contributed by atoms with van der Waals surface area (Å²) in [7, 11) is 1.60. The third kappa shape index (κ3) is 3.61. The predicted molar refractivity (Wildman–Crippen MR) is 91.7 cm³/mol. The number of hydrogen-bond acceptors (Lipinski definition) is 4. The van der Waals surface area contributed by atoms with E-state index in [4.69, 9.17) is 9.47 Å². The van der Waals surface area contributed by atoms with E-state index in [0.29, 0.717) is 26.1 Å². The van der Waals surface area contributed by atoms with Crippen LogP contribution in [0.5, 0.6) is 5.75 Å². The molecule has 3 rings (SSSR count). The van der Waals surface area contributed by atoms with Crippen LogP contribution >= 0.6 is 0 Å². The van der Waals surface area contributed by atoms with Gasteiger partial charge in [0.05, 0.1) is 18.9 Å². The predicted octanol–water partition coefficient (Wildman–Crippen LogP) is 1.72. The van der Waals surface area contributed by atoms with Crippen molar-refractivity contribution in [3.8, 4) is 5.75 Å². The summed E-state index contributed by atoms with van der Waals surface area (Å²) in [5.74, 6) is -0.357. The van der Waals surface area contributed by atoms with Crippen molar-refractivity contribution in [1.29, 1.82) is 0 Å². The maximum atomic E-state index is 12.3. The Morgan fingerprint density at radius 1 is 1.36 bits per heavy atom. The number of fused-ring (bicyclic) bond motifs is 1. The Bertz CT molecular complexity index is 777. The Balaban J connectivity index is 1.67. The lowest BCUT2D eigenvalue weighted by atomic mass is 9.80. The first-order chi connectivity index (χ1) is 12.0. The molecule has 0 radical (unpaired) electrons. The minimum absolute atomic E-state index is 0.121. The fourth-order valence-electron chi connectivity index (χ4n) is 3.16. The lowest BCUT2D eigenvalue weighted by Gasteiger charge is -2.33. The summed E-state index contributed by atoms with van der Waals surface area (Å²) < 4.78 is 10.5. The van der Waals surface area contributed by atoms with E-state index in [1.807, 2.05) is 18.2 Å². The highest BCUT2D eigenvalue weighted by Crippen LogP contribution is 2.30. The van der Waals surface area contributed by atoms with Gasteiger partial charge in [-0.1, -0.05) is 0 Å². The molecule has 1 amide bonds. The van der Waals surface area contributed by atoms with Crippen LogP contribution in [0.15, 0.2) is 24.4 Å². The number of carbonyl (C=O) groups excluding carboxylic acids is 1. The van der Waals surface area contributed by atoms with Crippen LogP contribution in [-0.4, -0.2) is 48.8 Å². The molecule has 0 saturated carbocycles. The summed E-state index contributed by atoms with van der Waals surface area (Å²) in [4.78, 5) is 27.1. The Hall–Kier alpha value is -2.54. The van der Waals surface area contributed by atoms with Crippen LogP contribution in [-0.2, 0) is 20.7 Å². The number of nitrogens with one attached hydrogen (secondary N) is 2. The molecule has 25 heavy (non-hydrogen) atoms. The van der Waals surface area contributed by atoms with Crippen molar-refractivity contribution < 1.29 is 24.2 Å². The number of H-pyrrole nitrogens is 1. The number of ether oxygens (including phenoxy) is 2. The third-order valence-electron chi connectivity index (χ3n) is 4.85. The second-order valence-electron chi connectivity index (χ2n) is 6.38. The van der Waals surface area contributed by atoms with E-state index in [9.17, 15) is 14.7 Å². The van der Waals surface area contributed by atoms with Crippen molar-refractivity contribution >= 4 is 22.8 Å². The van der Waals surface area contributed by atoms with Crippen LogP contribution < -0.4 is 10.1 Å². The van der Waals surface area contributed by atoms with Gasteiger partial charge in [0.1, 0.15) is 5.75 Å². The van der Waals surface area contributed by atoms with Crippen molar-refractivity contribution in [3.05, 3.63) is 30.0 Å². The van der Waals surface area contributed by atoms with E-state index in [1.165, 1.54) is 0 Å². The largest absolute Gasteiger partial charge is 0.497 e. The summed E-state index contributed by atoms with van der Waals surface area (Å²) in [6, 6.07) is 5.63. The zero-order valence-corrected chi connectivity index (χ0v) is 14.1. The molecule has 1 aromatic carbocycles. The number of carboxylic acids is 1. The zero-order valence-electron chi connectivity index (χ0n) is 14.1. The first kappa shape index (κ1) is 17.3. The van der Waals surface area contributed by atoms with Crippen molar-refractivity contribution in [3.63, 3.8) is 0 Å². The molecule has 7 heteroatoms. The molecule has 1 saturated heterocycles. The summed E-state index contributed by atoms with van der Waals surface area (Å²) in [6.07, 6.45) is 2.80. The molecule has 0 spiro atoms. The lowest BCUT2D eigenvalue weighted by molar-refractivity contribution is -0.154. The van der Waals surface area contributed by atoms with Gasteiger partial charge in [0.15, 0.2) is 0 Å². The van der Waals surface area contributed by atoms with Crippen LogP contribution in [0, 0.1) is 5.41 Å². The number of aliphatic carboxylic acids is 1. The molecule has 1 aromatic heterocycles. The second kappa shape index (κ2) is 7.14. The van der Waals surface area contributed by atoms with Crippen LogP contribution in [0.25, 0.3) is 10.9 Å². The van der Waals surface area contributed by atoms with Gasteiger partial charge in [0.25, 0.3) is 0 Å². The minimum atomic E-state index is -0.933. The maximum Gasteiger partial charge on any atom is 0.311 e. The van der Waals surface area contributed by atoms with Gasteiger partial charge in [-0.3, -0.25) is 9.59 Å². The molecular formula is C18H22N2O5. The molecule has 1 fully saturated rings. The van der Waals surface area contributed by atoms with Gasteiger partial charge >= 0.3 is 5.97 Å². The molecule has 2 heterocycles. The minimum Gasteiger partial charge on any atom is -0.497 e. The van der Waals surface area contributed by atoms with E-state index >= 15 is 0 Å². The molecule has 0 bridgehead atoms. The van der Waals surface area contributed by atoms with Gasteiger partial charge in [0, 0.05) is 36.9 Å². The Morgan fingerprint density at radius 3 is 2.80 bits per heavy atom. The number of aromatic nitrogens is 1. The molecule has 1 aliphatic rings. The van der Waals surface area contributed by atoms with Crippen LogP contribution in [0.3, 0.4) is 0 Å². The van der Waals surface area contributed by atoms with E-state index in [-0.39, 0.29) is 18.9 Å². The average Bonchev–Trinajstić information content (AvgIpc) is 3.02. The number of benzene rings is 1. The standard InChI is InChI=1S/C18H22N2O5/c1-24-13-2-3-15-14(9-13)12(10-19-15)8-16(21)20-11-18(17(22)23)4-6-25-7-5-18/h2-3,9-10,19H,4-8,11H2,1H3,(H,20,21)(H,22,23). The van der Waals surface area contributed by atoms with Crippen LogP contribution in [0.1, 0.15) is 18.4 Å². The van der Waals surface area contributed by atoms with E-state index < -0.39 is 11.4 Å². The van der Waals surface area contributed by atoms with Gasteiger partial charge in [-0.2, -0.15) is 0 Å². The van der Waals surface area contributed by atoms with Gasteiger partial charge in [0.2, 0.25) is 5.91 Å². The number of methoxy groups -OCH3 is 1. The topological polar surface area (TPSA) is 101 Å². The highest BCUT2D eigenvalue weighted by atomic mass is 16.5. The SMILES string of the molecule is COc1ccc2[nH]cc(CC(=O)NCC3(C(=O)O)CCOCC3)c2c1. The number of aromatic amines is 1. The normalized spacial score (nSPS) is 16.5. The van der Waals surface area contributed by atoms with E-state index in [2.05, 4.69) is 10.3 Å². The smallest absolute Gasteiger partial charge is 0.311 e.